The van der Waals surface area contributed by atoms with E-state index in [1.54, 1.807) is 6.07 Å². The van der Waals surface area contributed by atoms with Gasteiger partial charge in [-0.05, 0) is 73.2 Å². The van der Waals surface area contributed by atoms with Crippen molar-refractivity contribution in [1.82, 2.24) is 16.2 Å². The van der Waals surface area contributed by atoms with Crippen molar-refractivity contribution in [2.24, 2.45) is 11.8 Å². The molecular formula is C25H30FN5O. The van der Waals surface area contributed by atoms with Gasteiger partial charge in [-0.1, -0.05) is 18.2 Å². The SMILES string of the molecule is CNCc1cc(C)c(C2CC3C(CC2C#N)NNC3c2ccc(NC(C)=O)cc2)c(F)c1. The van der Waals surface area contributed by atoms with Gasteiger partial charge >= 0.3 is 0 Å². The molecule has 1 saturated heterocycles. The summed E-state index contributed by atoms with van der Waals surface area (Å²) < 4.78 is 15.2. The lowest BCUT2D eigenvalue weighted by molar-refractivity contribution is -0.114. The van der Waals surface area contributed by atoms with Gasteiger partial charge in [0, 0.05) is 31.1 Å². The molecule has 2 aliphatic rings. The van der Waals surface area contributed by atoms with E-state index in [1.807, 2.05) is 44.3 Å². The van der Waals surface area contributed by atoms with Crippen LogP contribution in [0.3, 0.4) is 0 Å². The van der Waals surface area contributed by atoms with E-state index in [9.17, 15) is 10.1 Å². The fourth-order valence-electron chi connectivity index (χ4n) is 5.44. The van der Waals surface area contributed by atoms with Gasteiger partial charge in [0.05, 0.1) is 18.0 Å². The van der Waals surface area contributed by atoms with Gasteiger partial charge in [-0.3, -0.25) is 10.2 Å². The molecule has 4 rings (SSSR count). The molecule has 0 spiro atoms. The maximum atomic E-state index is 15.2. The molecule has 4 N–H and O–H groups in total. The van der Waals surface area contributed by atoms with Crippen molar-refractivity contribution in [2.75, 3.05) is 12.4 Å². The van der Waals surface area contributed by atoms with Gasteiger partial charge in [0.15, 0.2) is 0 Å². The summed E-state index contributed by atoms with van der Waals surface area (Å²) in [5.74, 6) is -0.474. The molecule has 1 aliphatic heterocycles. The monoisotopic (exact) mass is 435 g/mol. The Bertz CT molecular complexity index is 1010. The summed E-state index contributed by atoms with van der Waals surface area (Å²) in [4.78, 5) is 11.3. The molecule has 2 aromatic rings. The first-order valence-corrected chi connectivity index (χ1v) is 11.1. The Morgan fingerprint density at radius 1 is 1.22 bits per heavy atom. The average molecular weight is 436 g/mol. The molecule has 0 aromatic heterocycles. The predicted octanol–water partition coefficient (Wildman–Crippen LogP) is 3.66. The van der Waals surface area contributed by atoms with Crippen molar-refractivity contribution in [3.05, 3.63) is 64.5 Å². The van der Waals surface area contributed by atoms with Gasteiger partial charge in [-0.15, -0.1) is 0 Å². The molecule has 32 heavy (non-hydrogen) atoms. The second kappa shape index (κ2) is 9.37. The molecule has 5 unspecified atom stereocenters. The number of aryl methyl sites for hydroxylation is 1. The third kappa shape index (κ3) is 4.40. The van der Waals surface area contributed by atoms with E-state index in [4.69, 9.17) is 0 Å². The highest BCUT2D eigenvalue weighted by Crippen LogP contribution is 2.48. The van der Waals surface area contributed by atoms with E-state index < -0.39 is 0 Å². The lowest BCUT2D eigenvalue weighted by atomic mass is 9.66. The molecule has 1 aliphatic carbocycles. The molecule has 1 amide bonds. The third-order valence-electron chi connectivity index (χ3n) is 6.79. The van der Waals surface area contributed by atoms with Crippen LogP contribution in [-0.4, -0.2) is 19.0 Å². The van der Waals surface area contributed by atoms with E-state index in [0.717, 1.165) is 28.8 Å². The summed E-state index contributed by atoms with van der Waals surface area (Å²) in [6.07, 6.45) is 1.40. The largest absolute Gasteiger partial charge is 0.326 e. The Labute approximate surface area is 188 Å². The van der Waals surface area contributed by atoms with E-state index in [2.05, 4.69) is 27.6 Å². The number of amides is 1. The molecule has 2 aromatic carbocycles. The number of anilines is 1. The number of nitriles is 1. The molecule has 0 radical (unpaired) electrons. The number of rotatable bonds is 5. The van der Waals surface area contributed by atoms with Crippen LogP contribution in [0, 0.1) is 35.9 Å². The number of carbonyl (C=O) groups is 1. The minimum absolute atomic E-state index is 0.0560. The van der Waals surface area contributed by atoms with E-state index in [-0.39, 0.29) is 41.6 Å². The molecule has 6 nitrogen and oxygen atoms in total. The Hall–Kier alpha value is -2.79. The van der Waals surface area contributed by atoms with Gasteiger partial charge in [-0.2, -0.15) is 5.26 Å². The lowest BCUT2D eigenvalue weighted by Crippen LogP contribution is -2.39. The molecule has 0 bridgehead atoms. The summed E-state index contributed by atoms with van der Waals surface area (Å²) in [5, 5.41) is 15.7. The second-order valence-electron chi connectivity index (χ2n) is 8.99. The first kappa shape index (κ1) is 22.4. The van der Waals surface area contributed by atoms with Crippen molar-refractivity contribution in [1.29, 1.82) is 5.26 Å². The van der Waals surface area contributed by atoms with Crippen molar-refractivity contribution in [2.45, 2.75) is 51.2 Å². The summed E-state index contributed by atoms with van der Waals surface area (Å²) in [5.41, 5.74) is 11.1. The zero-order valence-electron chi connectivity index (χ0n) is 18.7. The number of fused-ring (bicyclic) bond motifs is 1. The van der Waals surface area contributed by atoms with E-state index in [1.165, 1.54) is 6.92 Å². The maximum Gasteiger partial charge on any atom is 0.221 e. The molecule has 1 heterocycles. The predicted molar refractivity (Wildman–Crippen MR) is 122 cm³/mol. The van der Waals surface area contributed by atoms with Crippen molar-refractivity contribution >= 4 is 11.6 Å². The van der Waals surface area contributed by atoms with Crippen LogP contribution in [0.15, 0.2) is 36.4 Å². The first-order chi connectivity index (χ1) is 15.4. The smallest absolute Gasteiger partial charge is 0.221 e. The Morgan fingerprint density at radius 2 is 1.97 bits per heavy atom. The number of halogens is 1. The van der Waals surface area contributed by atoms with Gasteiger partial charge in [-0.25, -0.2) is 9.82 Å². The summed E-state index contributed by atoms with van der Waals surface area (Å²) in [7, 11) is 1.84. The van der Waals surface area contributed by atoms with Crippen LogP contribution in [0.25, 0.3) is 0 Å². The minimum Gasteiger partial charge on any atom is -0.326 e. The molecule has 7 heteroatoms. The molecule has 168 valence electrons. The standard InChI is InChI=1S/C25H30FN5O/c1-14-8-16(13-28-3)9-22(26)24(14)20-11-21-23(10-18(20)12-27)30-31-25(21)17-4-6-19(7-5-17)29-15(2)32/h4-9,18,20-21,23,25,28,30-31H,10-11,13H2,1-3H3,(H,29,32). The molecular weight excluding hydrogens is 405 g/mol. The summed E-state index contributed by atoms with van der Waals surface area (Å²) >= 11 is 0. The molecule has 2 fully saturated rings. The zero-order chi connectivity index (χ0) is 22.8. The van der Waals surface area contributed by atoms with Crippen LogP contribution < -0.4 is 21.5 Å². The van der Waals surface area contributed by atoms with Crippen LogP contribution in [0.2, 0.25) is 0 Å². The number of nitrogens with zero attached hydrogens (tertiary/aromatic N) is 1. The Kier molecular flexibility index (Phi) is 6.56. The molecule has 5 atom stereocenters. The van der Waals surface area contributed by atoms with Crippen LogP contribution in [0.5, 0.6) is 0 Å². The Balaban J connectivity index is 1.61. The number of benzene rings is 2. The number of hydrogen-bond acceptors (Lipinski definition) is 5. The third-order valence-corrected chi connectivity index (χ3v) is 6.79. The minimum atomic E-state index is -0.241. The highest BCUT2D eigenvalue weighted by Gasteiger charge is 2.46. The number of hydrazine groups is 1. The first-order valence-electron chi connectivity index (χ1n) is 11.1. The van der Waals surface area contributed by atoms with Crippen LogP contribution in [0.1, 0.15) is 54.0 Å². The number of hydrogen-bond donors (Lipinski definition) is 4. The van der Waals surface area contributed by atoms with E-state index in [0.29, 0.717) is 18.5 Å². The summed E-state index contributed by atoms with van der Waals surface area (Å²) in [6.45, 7) is 4.04. The van der Waals surface area contributed by atoms with Gasteiger partial charge in [0.1, 0.15) is 5.82 Å². The van der Waals surface area contributed by atoms with Gasteiger partial charge in [0.2, 0.25) is 5.91 Å². The molecule has 1 saturated carbocycles. The summed E-state index contributed by atoms with van der Waals surface area (Å²) in [6, 6.07) is 14.1. The highest BCUT2D eigenvalue weighted by atomic mass is 19.1. The maximum absolute atomic E-state index is 15.2. The van der Waals surface area contributed by atoms with Crippen molar-refractivity contribution < 1.29 is 9.18 Å². The van der Waals surface area contributed by atoms with Gasteiger partial charge < -0.3 is 10.6 Å². The van der Waals surface area contributed by atoms with Crippen LogP contribution >= 0.6 is 0 Å². The van der Waals surface area contributed by atoms with Crippen molar-refractivity contribution in [3.63, 3.8) is 0 Å². The average Bonchev–Trinajstić information content (AvgIpc) is 3.16. The topological polar surface area (TPSA) is 89.0 Å². The van der Waals surface area contributed by atoms with Gasteiger partial charge in [0.25, 0.3) is 0 Å². The quantitative estimate of drug-likeness (QED) is 0.576. The van der Waals surface area contributed by atoms with Crippen molar-refractivity contribution in [3.8, 4) is 6.07 Å². The lowest BCUT2D eigenvalue weighted by Gasteiger charge is -2.37. The highest BCUT2D eigenvalue weighted by molar-refractivity contribution is 5.88. The fraction of sp³-hybridized carbons (Fsp3) is 0.440. The normalized spacial score (nSPS) is 26.9. The second-order valence-corrected chi connectivity index (χ2v) is 8.99. The number of carbonyl (C=O) groups excluding carboxylic acids is 1. The zero-order valence-corrected chi connectivity index (χ0v) is 18.7. The van der Waals surface area contributed by atoms with E-state index >= 15 is 4.39 Å². The number of nitrogens with one attached hydrogen (secondary N) is 4. The fourth-order valence-corrected chi connectivity index (χ4v) is 5.44. The van der Waals surface area contributed by atoms with Crippen LogP contribution in [0.4, 0.5) is 10.1 Å². The van der Waals surface area contributed by atoms with Crippen LogP contribution in [-0.2, 0) is 11.3 Å². The Morgan fingerprint density at radius 3 is 2.59 bits per heavy atom.